The average Bonchev–Trinajstić information content (AvgIpc) is 2.85. The van der Waals surface area contributed by atoms with Crippen molar-refractivity contribution in [2.75, 3.05) is 0 Å². The second kappa shape index (κ2) is 5.77. The normalized spacial score (nSPS) is 11.0. The quantitative estimate of drug-likeness (QED) is 0.679. The van der Waals surface area contributed by atoms with Crippen LogP contribution >= 0.6 is 15.9 Å². The first-order chi connectivity index (χ1) is 10.2. The summed E-state index contributed by atoms with van der Waals surface area (Å²) in [5.41, 5.74) is 2.48. The number of carbonyl (C=O) groups excluding carboxylic acids is 1. The monoisotopic (exact) mass is 343 g/mol. The molecule has 0 saturated heterocycles. The van der Waals surface area contributed by atoms with E-state index in [9.17, 15) is 4.79 Å². The Labute approximate surface area is 130 Å². The van der Waals surface area contributed by atoms with Crippen molar-refractivity contribution in [2.45, 2.75) is 19.9 Å². The van der Waals surface area contributed by atoms with Crippen molar-refractivity contribution in [1.82, 2.24) is 14.8 Å². The lowest BCUT2D eigenvalue weighted by Crippen LogP contribution is -2.06. The number of aryl methyl sites for hydroxylation is 1. The van der Waals surface area contributed by atoms with E-state index in [0.717, 1.165) is 27.6 Å². The van der Waals surface area contributed by atoms with E-state index >= 15 is 0 Å². The second-order valence-corrected chi connectivity index (χ2v) is 5.69. The van der Waals surface area contributed by atoms with Crippen LogP contribution in [0.1, 0.15) is 23.0 Å². The number of fused-ring (bicyclic) bond motifs is 1. The third-order valence-electron chi connectivity index (χ3n) is 3.39. The van der Waals surface area contributed by atoms with E-state index in [2.05, 4.69) is 26.0 Å². The minimum Gasteiger partial charge on any atom is -0.294 e. The number of benzene rings is 1. The Kier molecular flexibility index (Phi) is 3.84. The zero-order valence-electron chi connectivity index (χ0n) is 11.6. The van der Waals surface area contributed by atoms with Crippen molar-refractivity contribution in [2.24, 2.45) is 0 Å². The molecule has 4 nitrogen and oxygen atoms in total. The van der Waals surface area contributed by atoms with E-state index < -0.39 is 0 Å². The number of para-hydroxylation sites is 1. The summed E-state index contributed by atoms with van der Waals surface area (Å²) in [7, 11) is 0. The number of nitrogens with zero attached hydrogens (tertiary/aromatic N) is 3. The molecular weight excluding hydrogens is 330 g/mol. The predicted molar refractivity (Wildman–Crippen MR) is 85.4 cm³/mol. The molecule has 0 aliphatic carbocycles. The molecule has 0 bridgehead atoms. The number of hydrogen-bond donors (Lipinski definition) is 0. The number of Topliss-reactive ketones (excluding diaryl/α,β-unsaturated/α-hetero) is 1. The highest BCUT2D eigenvalue weighted by Crippen LogP contribution is 2.20. The molecule has 21 heavy (non-hydrogen) atoms. The number of halogens is 1. The molecule has 106 valence electrons. The first-order valence-electron chi connectivity index (χ1n) is 6.77. The Morgan fingerprint density at radius 3 is 2.86 bits per heavy atom. The van der Waals surface area contributed by atoms with Gasteiger partial charge in [0.15, 0.2) is 5.78 Å². The maximum absolute atomic E-state index is 12.4. The van der Waals surface area contributed by atoms with E-state index in [1.807, 2.05) is 35.9 Å². The topological polar surface area (TPSA) is 47.8 Å². The molecule has 0 saturated carbocycles. The first kappa shape index (κ1) is 13.9. The summed E-state index contributed by atoms with van der Waals surface area (Å²) in [5.74, 6) is 0.0234. The zero-order chi connectivity index (χ0) is 14.8. The number of aromatic nitrogens is 3. The predicted octanol–water partition coefficient (Wildman–Crippen LogP) is 3.64. The van der Waals surface area contributed by atoms with Crippen LogP contribution in [-0.2, 0) is 13.0 Å². The molecule has 0 aliphatic rings. The summed E-state index contributed by atoms with van der Waals surface area (Å²) in [6.45, 7) is 2.83. The Morgan fingerprint density at radius 1 is 1.29 bits per heavy atom. The number of ketones is 1. The van der Waals surface area contributed by atoms with Gasteiger partial charge in [-0.15, -0.1) is 0 Å². The van der Waals surface area contributed by atoms with Crippen molar-refractivity contribution in [3.05, 3.63) is 58.5 Å². The minimum absolute atomic E-state index is 0.0234. The van der Waals surface area contributed by atoms with Crippen LogP contribution in [0.25, 0.3) is 10.9 Å². The highest BCUT2D eigenvalue weighted by Gasteiger charge is 2.14. The van der Waals surface area contributed by atoms with Crippen molar-refractivity contribution >= 4 is 32.6 Å². The summed E-state index contributed by atoms with van der Waals surface area (Å²) in [4.78, 5) is 16.4. The number of hydrogen-bond acceptors (Lipinski definition) is 3. The summed E-state index contributed by atoms with van der Waals surface area (Å²) in [5, 5.41) is 5.60. The van der Waals surface area contributed by atoms with Crippen molar-refractivity contribution < 1.29 is 4.79 Å². The van der Waals surface area contributed by atoms with Gasteiger partial charge in [0.2, 0.25) is 0 Å². The molecule has 2 aromatic heterocycles. The van der Waals surface area contributed by atoms with E-state index in [-0.39, 0.29) is 12.2 Å². The molecule has 0 spiro atoms. The maximum Gasteiger partial charge on any atom is 0.170 e. The smallest absolute Gasteiger partial charge is 0.170 e. The third-order valence-corrected chi connectivity index (χ3v) is 3.82. The van der Waals surface area contributed by atoms with Crippen molar-refractivity contribution in [3.63, 3.8) is 0 Å². The van der Waals surface area contributed by atoms with Crippen LogP contribution in [0.5, 0.6) is 0 Å². The van der Waals surface area contributed by atoms with E-state index in [4.69, 9.17) is 0 Å². The standard InChI is InChI=1S/C16H14BrN3O/c1-2-20-15-6-4-3-5-13(15)14(19-20)8-16(21)11-7-12(17)10-18-9-11/h3-7,9-10H,2,8H2,1H3. The van der Waals surface area contributed by atoms with Gasteiger partial charge in [-0.2, -0.15) is 5.10 Å². The van der Waals surface area contributed by atoms with Gasteiger partial charge in [-0.3, -0.25) is 14.5 Å². The summed E-state index contributed by atoms with van der Waals surface area (Å²) < 4.78 is 2.73. The molecule has 0 aliphatic heterocycles. The summed E-state index contributed by atoms with van der Waals surface area (Å²) in [6.07, 6.45) is 3.54. The Hall–Kier alpha value is -2.01. The summed E-state index contributed by atoms with van der Waals surface area (Å²) >= 11 is 3.34. The average molecular weight is 344 g/mol. The lowest BCUT2D eigenvalue weighted by molar-refractivity contribution is 0.0991. The van der Waals surface area contributed by atoms with Crippen LogP contribution in [0, 0.1) is 0 Å². The SMILES string of the molecule is CCn1nc(CC(=O)c2cncc(Br)c2)c2ccccc21. The van der Waals surface area contributed by atoms with Crippen molar-refractivity contribution in [1.29, 1.82) is 0 Å². The molecule has 0 unspecified atom stereocenters. The molecule has 0 N–H and O–H groups in total. The largest absolute Gasteiger partial charge is 0.294 e. The van der Waals surface area contributed by atoms with Gasteiger partial charge >= 0.3 is 0 Å². The van der Waals surface area contributed by atoms with E-state index in [1.165, 1.54) is 0 Å². The van der Waals surface area contributed by atoms with Crippen LogP contribution in [0.3, 0.4) is 0 Å². The Balaban J connectivity index is 1.97. The number of carbonyl (C=O) groups is 1. The number of rotatable bonds is 4. The van der Waals surface area contributed by atoms with Gasteiger partial charge in [0.1, 0.15) is 0 Å². The van der Waals surface area contributed by atoms with Gasteiger partial charge in [-0.25, -0.2) is 0 Å². The fourth-order valence-electron chi connectivity index (χ4n) is 2.39. The van der Waals surface area contributed by atoms with Gasteiger partial charge in [0.25, 0.3) is 0 Å². The first-order valence-corrected chi connectivity index (χ1v) is 7.56. The molecule has 3 aromatic rings. The molecule has 2 heterocycles. The molecule has 3 rings (SSSR count). The highest BCUT2D eigenvalue weighted by atomic mass is 79.9. The lowest BCUT2D eigenvalue weighted by Gasteiger charge is -1.99. The fourth-order valence-corrected chi connectivity index (χ4v) is 2.75. The maximum atomic E-state index is 12.4. The minimum atomic E-state index is 0.0234. The zero-order valence-corrected chi connectivity index (χ0v) is 13.2. The van der Waals surface area contributed by atoms with Crippen molar-refractivity contribution in [3.8, 4) is 0 Å². The van der Waals surface area contributed by atoms with Gasteiger partial charge in [0, 0.05) is 34.4 Å². The fraction of sp³-hybridized carbons (Fsp3) is 0.188. The number of pyridine rings is 1. The highest BCUT2D eigenvalue weighted by molar-refractivity contribution is 9.10. The van der Waals surface area contributed by atoms with Crippen LogP contribution < -0.4 is 0 Å². The van der Waals surface area contributed by atoms with Gasteiger partial charge in [-0.1, -0.05) is 18.2 Å². The second-order valence-electron chi connectivity index (χ2n) is 4.77. The van der Waals surface area contributed by atoms with Crippen LogP contribution in [0.4, 0.5) is 0 Å². The molecule has 0 amide bonds. The summed E-state index contributed by atoms with van der Waals surface area (Å²) in [6, 6.07) is 9.78. The Bertz CT molecular complexity index is 810. The van der Waals surface area contributed by atoms with Gasteiger partial charge in [0.05, 0.1) is 17.6 Å². The van der Waals surface area contributed by atoms with Gasteiger partial charge < -0.3 is 0 Å². The van der Waals surface area contributed by atoms with Crippen LogP contribution in [0.2, 0.25) is 0 Å². The van der Waals surface area contributed by atoms with Gasteiger partial charge in [-0.05, 0) is 35.0 Å². The van der Waals surface area contributed by atoms with Crippen LogP contribution in [0.15, 0.2) is 47.2 Å². The molecule has 0 radical (unpaired) electrons. The molecule has 0 atom stereocenters. The molecule has 0 fully saturated rings. The molecule has 1 aromatic carbocycles. The Morgan fingerprint density at radius 2 is 2.10 bits per heavy atom. The van der Waals surface area contributed by atoms with E-state index in [1.54, 1.807) is 18.5 Å². The van der Waals surface area contributed by atoms with Crippen LogP contribution in [-0.4, -0.2) is 20.5 Å². The lowest BCUT2D eigenvalue weighted by atomic mass is 10.1. The van der Waals surface area contributed by atoms with E-state index in [0.29, 0.717) is 5.56 Å². The molecule has 5 heteroatoms. The molecular formula is C16H14BrN3O. The third kappa shape index (κ3) is 2.74.